The van der Waals surface area contributed by atoms with Gasteiger partial charge in [0.1, 0.15) is 12.2 Å². The summed E-state index contributed by atoms with van der Waals surface area (Å²) in [5, 5.41) is 4.73. The number of ether oxygens (including phenoxy) is 1. The summed E-state index contributed by atoms with van der Waals surface area (Å²) in [7, 11) is -3.58. The number of amides is 1. The molecule has 0 spiro atoms. The van der Waals surface area contributed by atoms with Crippen molar-refractivity contribution in [3.63, 3.8) is 0 Å². The van der Waals surface area contributed by atoms with Crippen LogP contribution in [0.5, 0.6) is 0 Å². The number of hydrogen-bond donors (Lipinski definition) is 1. The molecule has 0 bridgehead atoms. The minimum absolute atomic E-state index is 0.0429. The van der Waals surface area contributed by atoms with Crippen LogP contribution in [0.25, 0.3) is 22.6 Å². The van der Waals surface area contributed by atoms with Crippen LogP contribution in [-0.2, 0) is 26.1 Å². The number of anilines is 1. The molecule has 1 fully saturated rings. The molecule has 1 aliphatic rings. The fraction of sp³-hybridized carbons (Fsp3) is 0.227. The molecule has 1 N–H and O–H groups in total. The summed E-state index contributed by atoms with van der Waals surface area (Å²) in [6.07, 6.45) is 0. The Morgan fingerprint density at radius 2 is 1.85 bits per heavy atom. The lowest BCUT2D eigenvalue weighted by atomic mass is 10.3. The molecule has 0 unspecified atom stereocenters. The number of carbonyl (C=O) groups is 1. The van der Waals surface area contributed by atoms with Crippen LogP contribution in [0.3, 0.4) is 0 Å². The molecule has 33 heavy (non-hydrogen) atoms. The van der Waals surface area contributed by atoms with Crippen LogP contribution in [0.15, 0.2) is 64.3 Å². The summed E-state index contributed by atoms with van der Waals surface area (Å²) < 4.78 is 34.0. The lowest BCUT2D eigenvalue weighted by Gasteiger charge is -2.26. The number of para-hydroxylation sites is 2. The van der Waals surface area contributed by atoms with Gasteiger partial charge in [-0.15, -0.1) is 11.3 Å². The minimum Gasteiger partial charge on any atom is -0.379 e. The monoisotopic (exact) mass is 483 g/mol. The van der Waals surface area contributed by atoms with Gasteiger partial charge in [0.25, 0.3) is 0 Å². The highest BCUT2D eigenvalue weighted by Gasteiger charge is 2.26. The van der Waals surface area contributed by atoms with Gasteiger partial charge < -0.3 is 14.6 Å². The average Bonchev–Trinajstić information content (AvgIpc) is 3.48. The third-order valence-corrected chi connectivity index (χ3v) is 7.86. The summed E-state index contributed by atoms with van der Waals surface area (Å²) in [6, 6.07) is 13.8. The van der Waals surface area contributed by atoms with Crippen LogP contribution in [0.4, 0.5) is 5.69 Å². The zero-order chi connectivity index (χ0) is 22.8. The maximum Gasteiger partial charge on any atom is 0.244 e. The Bertz CT molecular complexity index is 1380. The molecule has 1 saturated heterocycles. The first-order chi connectivity index (χ1) is 16.0. The Morgan fingerprint density at radius 1 is 1.09 bits per heavy atom. The average molecular weight is 484 g/mol. The molecule has 3 heterocycles. The quantitative estimate of drug-likeness (QED) is 0.452. The second-order valence-electron chi connectivity index (χ2n) is 7.47. The third kappa shape index (κ3) is 4.40. The van der Waals surface area contributed by atoms with Crippen molar-refractivity contribution in [1.82, 2.24) is 18.8 Å². The summed E-state index contributed by atoms with van der Waals surface area (Å²) >= 11 is 1.46. The van der Waals surface area contributed by atoms with Crippen LogP contribution >= 0.6 is 11.3 Å². The van der Waals surface area contributed by atoms with E-state index >= 15 is 0 Å². The Balaban J connectivity index is 1.34. The number of sulfonamides is 1. The minimum atomic E-state index is -3.58. The van der Waals surface area contributed by atoms with Crippen LogP contribution < -0.4 is 5.32 Å². The van der Waals surface area contributed by atoms with Crippen LogP contribution in [0, 0.1) is 0 Å². The molecular formula is C22H21N5O4S2. The van der Waals surface area contributed by atoms with Crippen molar-refractivity contribution in [2.45, 2.75) is 11.4 Å². The molecule has 1 aliphatic heterocycles. The van der Waals surface area contributed by atoms with Crippen molar-refractivity contribution in [3.8, 4) is 11.5 Å². The van der Waals surface area contributed by atoms with Crippen LogP contribution in [0.1, 0.15) is 0 Å². The van der Waals surface area contributed by atoms with E-state index in [4.69, 9.17) is 4.74 Å². The Labute approximate surface area is 194 Å². The van der Waals surface area contributed by atoms with E-state index in [0.717, 1.165) is 11.0 Å². The van der Waals surface area contributed by atoms with E-state index < -0.39 is 10.0 Å². The first kappa shape index (κ1) is 21.7. The number of hydrogen-bond acceptors (Lipinski definition) is 7. The van der Waals surface area contributed by atoms with Gasteiger partial charge in [0.2, 0.25) is 15.9 Å². The zero-order valence-electron chi connectivity index (χ0n) is 17.5. The van der Waals surface area contributed by atoms with Crippen molar-refractivity contribution in [3.05, 3.63) is 59.4 Å². The van der Waals surface area contributed by atoms with Crippen molar-refractivity contribution in [2.75, 3.05) is 31.6 Å². The first-order valence-corrected chi connectivity index (χ1v) is 12.7. The highest BCUT2D eigenvalue weighted by atomic mass is 32.2. The van der Waals surface area contributed by atoms with Crippen molar-refractivity contribution >= 4 is 44.0 Å². The van der Waals surface area contributed by atoms with E-state index in [1.165, 1.54) is 27.8 Å². The molecule has 1 amide bonds. The van der Waals surface area contributed by atoms with Gasteiger partial charge >= 0.3 is 0 Å². The molecule has 4 aromatic rings. The van der Waals surface area contributed by atoms with Gasteiger partial charge in [-0.1, -0.05) is 12.1 Å². The maximum atomic E-state index is 12.9. The molecule has 11 heteroatoms. The molecule has 2 aromatic carbocycles. The van der Waals surface area contributed by atoms with Gasteiger partial charge in [0, 0.05) is 24.2 Å². The van der Waals surface area contributed by atoms with Gasteiger partial charge in [0.15, 0.2) is 5.82 Å². The van der Waals surface area contributed by atoms with E-state index in [2.05, 4.69) is 15.3 Å². The molecule has 5 rings (SSSR count). The lowest BCUT2D eigenvalue weighted by Crippen LogP contribution is -2.40. The number of nitrogens with one attached hydrogen (secondary N) is 1. The lowest BCUT2D eigenvalue weighted by molar-refractivity contribution is -0.116. The highest BCUT2D eigenvalue weighted by molar-refractivity contribution is 7.89. The second-order valence-corrected chi connectivity index (χ2v) is 10.1. The Morgan fingerprint density at radius 3 is 2.58 bits per heavy atom. The van der Waals surface area contributed by atoms with Gasteiger partial charge in [-0.2, -0.15) is 4.31 Å². The topological polar surface area (TPSA) is 106 Å². The number of imidazole rings is 1. The van der Waals surface area contributed by atoms with Gasteiger partial charge in [0.05, 0.1) is 34.7 Å². The largest absolute Gasteiger partial charge is 0.379 e. The fourth-order valence-corrected chi connectivity index (χ4v) is 5.68. The number of morpholine rings is 1. The summed E-state index contributed by atoms with van der Waals surface area (Å²) in [4.78, 5) is 22.0. The van der Waals surface area contributed by atoms with Crippen LogP contribution in [-0.4, -0.2) is 59.5 Å². The SMILES string of the molecule is O=C(Cn1c(-c2cscn2)nc2ccccc21)Nc1ccc(S(=O)(=O)N2CCOCC2)cc1. The molecule has 0 radical (unpaired) electrons. The van der Waals surface area contributed by atoms with E-state index in [0.29, 0.717) is 43.5 Å². The summed E-state index contributed by atoms with van der Waals surface area (Å²) in [5.41, 5.74) is 4.57. The normalized spacial score (nSPS) is 15.0. The van der Waals surface area contributed by atoms with E-state index in [9.17, 15) is 13.2 Å². The summed E-state index contributed by atoms with van der Waals surface area (Å²) in [6.45, 7) is 1.49. The number of fused-ring (bicyclic) bond motifs is 1. The third-order valence-electron chi connectivity index (χ3n) is 5.36. The van der Waals surface area contributed by atoms with E-state index in [-0.39, 0.29) is 17.3 Å². The number of nitrogens with zero attached hydrogens (tertiary/aromatic N) is 4. The number of benzene rings is 2. The number of rotatable bonds is 6. The number of aromatic nitrogens is 3. The van der Waals surface area contributed by atoms with E-state index in [1.54, 1.807) is 17.6 Å². The van der Waals surface area contributed by atoms with Gasteiger partial charge in [-0.3, -0.25) is 4.79 Å². The molecule has 2 aromatic heterocycles. The summed E-state index contributed by atoms with van der Waals surface area (Å²) in [5.74, 6) is 0.373. The number of thiazole rings is 1. The fourth-order valence-electron chi connectivity index (χ4n) is 3.74. The zero-order valence-corrected chi connectivity index (χ0v) is 19.2. The smallest absolute Gasteiger partial charge is 0.244 e. The molecular weight excluding hydrogens is 462 g/mol. The highest BCUT2D eigenvalue weighted by Crippen LogP contribution is 2.25. The Kier molecular flexibility index (Phi) is 5.94. The maximum absolute atomic E-state index is 12.9. The predicted octanol–water partition coefficient (Wildman–Crippen LogP) is 2.82. The standard InChI is InChI=1S/C22H21N5O4S2/c28-21(13-27-20-4-2-1-3-18(20)25-22(27)19-14-32-15-23-19)24-16-5-7-17(8-6-16)33(29,30)26-9-11-31-12-10-26/h1-8,14-15H,9-13H2,(H,24,28). The molecule has 170 valence electrons. The molecule has 9 nitrogen and oxygen atoms in total. The van der Waals surface area contributed by atoms with Crippen molar-refractivity contribution < 1.29 is 17.9 Å². The van der Waals surface area contributed by atoms with Crippen molar-refractivity contribution in [2.24, 2.45) is 0 Å². The Hall–Kier alpha value is -3.12. The van der Waals surface area contributed by atoms with Gasteiger partial charge in [-0.05, 0) is 36.4 Å². The van der Waals surface area contributed by atoms with Gasteiger partial charge in [-0.25, -0.2) is 18.4 Å². The van der Waals surface area contributed by atoms with E-state index in [1.807, 2.05) is 34.2 Å². The number of carbonyl (C=O) groups excluding carboxylic acids is 1. The molecule has 0 aliphatic carbocycles. The predicted molar refractivity (Wildman–Crippen MR) is 125 cm³/mol. The molecule has 0 saturated carbocycles. The second kappa shape index (κ2) is 9.02. The molecule has 0 atom stereocenters. The first-order valence-electron chi connectivity index (χ1n) is 10.3. The van der Waals surface area contributed by atoms with Crippen LogP contribution in [0.2, 0.25) is 0 Å². The van der Waals surface area contributed by atoms with Crippen molar-refractivity contribution in [1.29, 1.82) is 0 Å².